The normalized spacial score (nSPS) is 22.4. The van der Waals surface area contributed by atoms with Crippen LogP contribution >= 0.6 is 23.1 Å². The zero-order valence-corrected chi connectivity index (χ0v) is 11.1. The summed E-state index contributed by atoms with van der Waals surface area (Å²) in [6.45, 7) is 0. The molecule has 0 aliphatic carbocycles. The maximum absolute atomic E-state index is 11.5. The Morgan fingerprint density at radius 3 is 2.78 bits per heavy atom. The van der Waals surface area contributed by atoms with Crippen LogP contribution in [-0.4, -0.2) is 17.0 Å². The number of hydrogen-bond acceptors (Lipinski definition) is 4. The molecule has 0 saturated heterocycles. The number of carbonyl (C=O) groups is 1. The molecular weight excluding hydrogens is 266 g/mol. The fourth-order valence-electron chi connectivity index (χ4n) is 2.28. The van der Waals surface area contributed by atoms with Crippen LogP contribution in [0.1, 0.15) is 16.4 Å². The van der Waals surface area contributed by atoms with Crippen molar-refractivity contribution in [2.45, 2.75) is 10.9 Å². The van der Waals surface area contributed by atoms with Gasteiger partial charge in [0.05, 0.1) is 5.03 Å². The summed E-state index contributed by atoms with van der Waals surface area (Å²) >= 11 is 2.79. The highest BCUT2D eigenvalue weighted by Crippen LogP contribution is 2.44. The van der Waals surface area contributed by atoms with Gasteiger partial charge in [0.1, 0.15) is 6.29 Å². The van der Waals surface area contributed by atoms with Gasteiger partial charge in [-0.05, 0) is 5.56 Å². The summed E-state index contributed by atoms with van der Waals surface area (Å²) < 4.78 is 0. The van der Waals surface area contributed by atoms with Gasteiger partial charge < -0.3 is 9.78 Å². The molecule has 3 nitrogen and oxygen atoms in total. The van der Waals surface area contributed by atoms with Gasteiger partial charge in [0.25, 0.3) is 0 Å². The molecule has 5 heteroatoms. The van der Waals surface area contributed by atoms with Crippen LogP contribution in [0.5, 0.6) is 0 Å². The number of H-pyrrole nitrogens is 1. The minimum absolute atomic E-state index is 0.0175. The van der Waals surface area contributed by atoms with Crippen molar-refractivity contribution in [3.63, 3.8) is 0 Å². The average Bonchev–Trinajstić information content (AvgIpc) is 2.78. The van der Waals surface area contributed by atoms with Crippen molar-refractivity contribution in [2.24, 2.45) is 5.92 Å². The molecule has 0 bridgehead atoms. The van der Waals surface area contributed by atoms with E-state index in [1.165, 1.54) is 11.3 Å². The Morgan fingerprint density at radius 2 is 2.06 bits per heavy atom. The summed E-state index contributed by atoms with van der Waals surface area (Å²) in [4.78, 5) is 26.6. The van der Waals surface area contributed by atoms with Crippen LogP contribution in [0.15, 0.2) is 40.2 Å². The van der Waals surface area contributed by atoms with E-state index < -0.39 is 0 Å². The molecule has 2 aromatic rings. The number of nitrogens with one attached hydrogen (secondary N) is 1. The van der Waals surface area contributed by atoms with Crippen LogP contribution < -0.4 is 4.87 Å². The first-order valence-electron chi connectivity index (χ1n) is 5.65. The zero-order valence-electron chi connectivity index (χ0n) is 9.46. The Morgan fingerprint density at radius 1 is 1.28 bits per heavy atom. The molecule has 1 aromatic heterocycles. The van der Waals surface area contributed by atoms with E-state index in [4.69, 9.17) is 0 Å². The van der Waals surface area contributed by atoms with Gasteiger partial charge in [0.2, 0.25) is 0 Å². The molecule has 0 spiro atoms. The number of fused-ring (bicyclic) bond motifs is 1. The first-order chi connectivity index (χ1) is 8.79. The second-order valence-electron chi connectivity index (χ2n) is 4.21. The maximum Gasteiger partial charge on any atom is 0.305 e. The SMILES string of the molecule is O=C[C@@H]1CSc2[nH]c(=O)sc2[C@@H]1c1ccccc1. The lowest BCUT2D eigenvalue weighted by atomic mass is 9.87. The van der Waals surface area contributed by atoms with E-state index in [9.17, 15) is 9.59 Å². The molecule has 2 atom stereocenters. The van der Waals surface area contributed by atoms with Gasteiger partial charge in [0.15, 0.2) is 0 Å². The third kappa shape index (κ3) is 1.93. The van der Waals surface area contributed by atoms with Gasteiger partial charge in [-0.3, -0.25) is 4.79 Å². The van der Waals surface area contributed by atoms with Crippen LogP contribution in [0.25, 0.3) is 0 Å². The number of aldehydes is 1. The predicted molar refractivity (Wildman–Crippen MR) is 73.5 cm³/mol. The number of aromatic amines is 1. The van der Waals surface area contributed by atoms with Gasteiger partial charge in [-0.25, -0.2) is 0 Å². The van der Waals surface area contributed by atoms with Crippen molar-refractivity contribution in [1.82, 2.24) is 4.98 Å². The lowest BCUT2D eigenvalue weighted by Gasteiger charge is -2.27. The highest BCUT2D eigenvalue weighted by molar-refractivity contribution is 7.99. The Balaban J connectivity index is 2.14. The minimum atomic E-state index is -0.0589. The molecule has 2 heterocycles. The highest BCUT2D eigenvalue weighted by atomic mass is 32.2. The van der Waals surface area contributed by atoms with Crippen LogP contribution in [0.2, 0.25) is 0 Å². The van der Waals surface area contributed by atoms with Gasteiger partial charge in [-0.1, -0.05) is 41.7 Å². The average molecular weight is 277 g/mol. The molecular formula is C13H11NO2S2. The van der Waals surface area contributed by atoms with Crippen LogP contribution in [0.3, 0.4) is 0 Å². The molecule has 18 heavy (non-hydrogen) atoms. The van der Waals surface area contributed by atoms with Crippen molar-refractivity contribution >= 4 is 29.4 Å². The van der Waals surface area contributed by atoms with Crippen LogP contribution in [-0.2, 0) is 4.79 Å². The van der Waals surface area contributed by atoms with E-state index in [1.807, 2.05) is 30.3 Å². The Labute approximate surface area is 112 Å². The van der Waals surface area contributed by atoms with Crippen molar-refractivity contribution in [3.8, 4) is 0 Å². The summed E-state index contributed by atoms with van der Waals surface area (Å²) in [5, 5.41) is 0.928. The number of aromatic nitrogens is 1. The smallest absolute Gasteiger partial charge is 0.305 e. The zero-order chi connectivity index (χ0) is 12.5. The van der Waals surface area contributed by atoms with E-state index in [-0.39, 0.29) is 16.7 Å². The second-order valence-corrected chi connectivity index (χ2v) is 6.25. The summed E-state index contributed by atoms with van der Waals surface area (Å²) in [6, 6.07) is 9.93. The molecule has 1 aromatic carbocycles. The summed E-state index contributed by atoms with van der Waals surface area (Å²) in [7, 11) is 0. The monoisotopic (exact) mass is 277 g/mol. The van der Waals surface area contributed by atoms with Crippen molar-refractivity contribution in [2.75, 3.05) is 5.75 Å². The molecule has 0 saturated carbocycles. The molecule has 0 fully saturated rings. The van der Waals surface area contributed by atoms with E-state index in [2.05, 4.69) is 4.98 Å². The lowest BCUT2D eigenvalue weighted by Crippen LogP contribution is -2.21. The highest BCUT2D eigenvalue weighted by Gasteiger charge is 2.33. The minimum Gasteiger partial charge on any atom is -0.307 e. The molecule has 3 rings (SSSR count). The number of thioether (sulfide) groups is 1. The summed E-state index contributed by atoms with van der Waals surface area (Å²) in [6.07, 6.45) is 1.01. The lowest BCUT2D eigenvalue weighted by molar-refractivity contribution is -0.110. The van der Waals surface area contributed by atoms with Gasteiger partial charge >= 0.3 is 4.87 Å². The first-order valence-corrected chi connectivity index (χ1v) is 7.46. The van der Waals surface area contributed by atoms with Crippen molar-refractivity contribution < 1.29 is 4.79 Å². The van der Waals surface area contributed by atoms with Crippen molar-refractivity contribution in [1.29, 1.82) is 0 Å². The Hall–Kier alpha value is -1.33. The number of rotatable bonds is 2. The molecule has 1 aliphatic rings. The van der Waals surface area contributed by atoms with Gasteiger partial charge in [-0.2, -0.15) is 0 Å². The van der Waals surface area contributed by atoms with E-state index >= 15 is 0 Å². The summed E-state index contributed by atoms with van der Waals surface area (Å²) in [5.41, 5.74) is 1.10. The van der Waals surface area contributed by atoms with Gasteiger partial charge in [0, 0.05) is 22.5 Å². The fraction of sp³-hybridized carbons (Fsp3) is 0.231. The summed E-state index contributed by atoms with van der Waals surface area (Å²) in [5.74, 6) is 0.683. The maximum atomic E-state index is 11.5. The third-order valence-electron chi connectivity index (χ3n) is 3.11. The topological polar surface area (TPSA) is 49.9 Å². The third-order valence-corrected chi connectivity index (χ3v) is 5.36. The second kappa shape index (κ2) is 4.74. The van der Waals surface area contributed by atoms with Gasteiger partial charge in [-0.15, -0.1) is 11.8 Å². The van der Waals surface area contributed by atoms with Crippen molar-refractivity contribution in [3.05, 3.63) is 50.4 Å². The van der Waals surface area contributed by atoms with Crippen LogP contribution in [0, 0.1) is 5.92 Å². The molecule has 0 radical (unpaired) electrons. The molecule has 0 unspecified atom stereocenters. The van der Waals surface area contributed by atoms with E-state index in [1.54, 1.807) is 11.8 Å². The Kier molecular flexibility index (Phi) is 3.09. The molecule has 92 valence electrons. The van der Waals surface area contributed by atoms with Crippen LogP contribution in [0.4, 0.5) is 0 Å². The number of hydrogen-bond donors (Lipinski definition) is 1. The molecule has 1 aliphatic heterocycles. The largest absolute Gasteiger partial charge is 0.307 e. The molecule has 1 N–H and O–H groups in total. The number of carbonyl (C=O) groups excluding carboxylic acids is 1. The Bertz CT molecular complexity index is 617. The first kappa shape index (κ1) is 11.7. The fourth-order valence-corrected chi connectivity index (χ4v) is 4.65. The standard InChI is InChI=1S/C13H11NO2S2/c15-6-9-7-17-12-11(18-13(16)14-12)10(9)8-4-2-1-3-5-8/h1-6,9-10H,7H2,(H,14,16)/t9-,10-/m1/s1. The molecule has 0 amide bonds. The predicted octanol–water partition coefficient (Wildman–Crippen LogP) is 2.49. The van der Waals surface area contributed by atoms with E-state index in [0.29, 0.717) is 0 Å². The number of thiazole rings is 1. The quantitative estimate of drug-likeness (QED) is 0.858. The number of benzene rings is 1. The van der Waals surface area contributed by atoms with E-state index in [0.717, 1.165) is 27.5 Å².